The Bertz CT molecular complexity index is 1090. The number of nitrogens with zero attached hydrogens (tertiary/aromatic N) is 1. The van der Waals surface area contributed by atoms with Crippen molar-refractivity contribution in [2.24, 2.45) is 0 Å². The van der Waals surface area contributed by atoms with Gasteiger partial charge in [0.05, 0.1) is 13.7 Å². The van der Waals surface area contributed by atoms with Crippen LogP contribution in [0, 0.1) is 6.92 Å². The Morgan fingerprint density at radius 3 is 2.24 bits per heavy atom. The van der Waals surface area contributed by atoms with E-state index in [2.05, 4.69) is 10.6 Å². The fraction of sp³-hybridized carbons (Fsp3) is 0.464. The molecule has 2 aromatic rings. The van der Waals surface area contributed by atoms with Crippen molar-refractivity contribution < 1.29 is 29.0 Å². The van der Waals surface area contributed by atoms with E-state index in [9.17, 15) is 19.5 Å². The van der Waals surface area contributed by atoms with Crippen molar-refractivity contribution in [3.8, 4) is 5.75 Å². The second kappa shape index (κ2) is 12.1. The molecule has 0 radical (unpaired) electrons. The molecular formula is C28H37N3O6. The third-order valence-corrected chi connectivity index (χ3v) is 6.26. The molecule has 0 bridgehead atoms. The van der Waals surface area contributed by atoms with E-state index < -0.39 is 42.2 Å². The number of hydrogen-bond donors (Lipinski definition) is 3. The van der Waals surface area contributed by atoms with Gasteiger partial charge in [0.25, 0.3) is 5.91 Å². The van der Waals surface area contributed by atoms with E-state index in [1.807, 2.05) is 31.2 Å². The van der Waals surface area contributed by atoms with Crippen LogP contribution in [0.2, 0.25) is 0 Å². The summed E-state index contributed by atoms with van der Waals surface area (Å²) in [6.45, 7) is 6.37. The number of aliphatic hydroxyl groups excluding tert-OH is 1. The number of ether oxygens (including phenoxy) is 2. The number of aliphatic hydroxyl groups is 1. The fourth-order valence-electron chi connectivity index (χ4n) is 4.19. The maximum Gasteiger partial charge on any atom is 0.408 e. The number of methoxy groups -OCH3 is 1. The molecule has 3 N–H and O–H groups in total. The quantitative estimate of drug-likeness (QED) is 0.469. The molecule has 1 saturated carbocycles. The van der Waals surface area contributed by atoms with E-state index >= 15 is 0 Å². The number of alkyl carbamates (subject to hydrolysis) is 1. The molecule has 3 amide bonds. The van der Waals surface area contributed by atoms with E-state index in [0.29, 0.717) is 29.8 Å². The maximum atomic E-state index is 13.9. The van der Waals surface area contributed by atoms with Crippen LogP contribution in [-0.4, -0.2) is 59.3 Å². The Morgan fingerprint density at radius 1 is 1.08 bits per heavy atom. The predicted octanol–water partition coefficient (Wildman–Crippen LogP) is 3.95. The molecular weight excluding hydrogens is 474 g/mol. The zero-order valence-corrected chi connectivity index (χ0v) is 22.1. The first kappa shape index (κ1) is 28.0. The number of hydrogen-bond acceptors (Lipinski definition) is 6. The van der Waals surface area contributed by atoms with Crippen molar-refractivity contribution in [1.29, 1.82) is 0 Å². The summed E-state index contributed by atoms with van der Waals surface area (Å²) in [5.41, 5.74) is 1.29. The van der Waals surface area contributed by atoms with E-state index in [4.69, 9.17) is 9.47 Å². The molecule has 3 rings (SSSR count). The number of carbonyl (C=O) groups is 3. The number of rotatable bonds is 9. The van der Waals surface area contributed by atoms with Gasteiger partial charge >= 0.3 is 6.09 Å². The Balaban J connectivity index is 1.97. The Hall–Kier alpha value is -3.59. The van der Waals surface area contributed by atoms with Gasteiger partial charge in [0.15, 0.2) is 0 Å². The van der Waals surface area contributed by atoms with Gasteiger partial charge in [-0.2, -0.15) is 0 Å². The van der Waals surface area contributed by atoms with E-state index in [1.54, 1.807) is 52.1 Å². The molecule has 2 atom stereocenters. The van der Waals surface area contributed by atoms with Crippen LogP contribution in [0.15, 0.2) is 48.5 Å². The average molecular weight is 512 g/mol. The molecule has 0 saturated heterocycles. The Labute approximate surface area is 218 Å². The normalized spacial score (nSPS) is 15.1. The van der Waals surface area contributed by atoms with Crippen LogP contribution in [0.3, 0.4) is 0 Å². The highest BCUT2D eigenvalue weighted by Gasteiger charge is 2.42. The molecule has 1 aliphatic carbocycles. The lowest BCUT2D eigenvalue weighted by Crippen LogP contribution is -2.58. The zero-order chi connectivity index (χ0) is 27.2. The highest BCUT2D eigenvalue weighted by atomic mass is 16.6. The second-order valence-corrected chi connectivity index (χ2v) is 10.2. The summed E-state index contributed by atoms with van der Waals surface area (Å²) < 4.78 is 10.5. The lowest BCUT2D eigenvalue weighted by Gasteiger charge is -2.43. The summed E-state index contributed by atoms with van der Waals surface area (Å²) in [5, 5.41) is 15.5. The van der Waals surface area contributed by atoms with Crippen molar-refractivity contribution in [2.75, 3.05) is 19.0 Å². The average Bonchev–Trinajstić information content (AvgIpc) is 2.81. The topological polar surface area (TPSA) is 117 Å². The van der Waals surface area contributed by atoms with Crippen molar-refractivity contribution in [2.45, 2.75) is 70.7 Å². The number of amides is 3. The zero-order valence-electron chi connectivity index (χ0n) is 22.1. The van der Waals surface area contributed by atoms with Crippen LogP contribution >= 0.6 is 0 Å². The molecule has 0 heterocycles. The number of nitrogens with one attached hydrogen (secondary N) is 2. The lowest BCUT2D eigenvalue weighted by molar-refractivity contribution is -0.146. The molecule has 0 aliphatic heterocycles. The first-order chi connectivity index (χ1) is 17.5. The predicted molar refractivity (Wildman–Crippen MR) is 140 cm³/mol. The van der Waals surface area contributed by atoms with Gasteiger partial charge in [0, 0.05) is 11.7 Å². The number of aryl methyl sites for hydroxylation is 1. The van der Waals surface area contributed by atoms with Crippen LogP contribution in [0.1, 0.15) is 57.2 Å². The summed E-state index contributed by atoms with van der Waals surface area (Å²) in [6.07, 6.45) is 1.53. The molecule has 37 heavy (non-hydrogen) atoms. The largest absolute Gasteiger partial charge is 0.497 e. The van der Waals surface area contributed by atoms with E-state index in [-0.39, 0.29) is 6.04 Å². The summed E-state index contributed by atoms with van der Waals surface area (Å²) in [4.78, 5) is 41.6. The van der Waals surface area contributed by atoms with Crippen molar-refractivity contribution in [3.63, 3.8) is 0 Å². The van der Waals surface area contributed by atoms with Gasteiger partial charge in [-0.05, 0) is 82.3 Å². The Morgan fingerprint density at radius 2 is 1.73 bits per heavy atom. The van der Waals surface area contributed by atoms with Gasteiger partial charge in [-0.1, -0.05) is 24.3 Å². The first-order valence-electron chi connectivity index (χ1n) is 12.5. The minimum Gasteiger partial charge on any atom is -0.497 e. The van der Waals surface area contributed by atoms with E-state index in [1.165, 1.54) is 4.90 Å². The van der Waals surface area contributed by atoms with Crippen LogP contribution < -0.4 is 15.4 Å². The van der Waals surface area contributed by atoms with Crippen LogP contribution in [-0.2, 0) is 14.3 Å². The lowest BCUT2D eigenvalue weighted by atomic mass is 9.87. The molecule has 2 unspecified atom stereocenters. The number of benzene rings is 2. The smallest absolute Gasteiger partial charge is 0.408 e. The summed E-state index contributed by atoms with van der Waals surface area (Å²) >= 11 is 0. The standard InChI is InChI=1S/C28H37N3O6/c1-18-9-6-7-12-22(18)24(25(33)29-19-13-15-21(36-5)16-14-19)31(20-10-8-11-20)26(34)23(17-32)30-27(35)37-28(2,3)4/h6-7,9,12-16,20,23-24,32H,8,10-11,17H2,1-5H3,(H,29,33)(H,30,35). The molecule has 200 valence electrons. The van der Waals surface area contributed by atoms with Crippen LogP contribution in [0.5, 0.6) is 5.75 Å². The number of carbonyl (C=O) groups excluding carboxylic acids is 3. The highest BCUT2D eigenvalue weighted by Crippen LogP contribution is 2.35. The van der Waals surface area contributed by atoms with Gasteiger partial charge < -0.3 is 30.1 Å². The van der Waals surface area contributed by atoms with Gasteiger partial charge in [-0.25, -0.2) is 4.79 Å². The van der Waals surface area contributed by atoms with E-state index in [0.717, 1.165) is 12.0 Å². The second-order valence-electron chi connectivity index (χ2n) is 10.2. The highest BCUT2D eigenvalue weighted by molar-refractivity contribution is 5.99. The van der Waals surface area contributed by atoms with Crippen molar-refractivity contribution >= 4 is 23.6 Å². The molecule has 0 aromatic heterocycles. The van der Waals surface area contributed by atoms with Gasteiger partial charge in [-0.15, -0.1) is 0 Å². The summed E-state index contributed by atoms with van der Waals surface area (Å²) in [5.74, 6) is -0.288. The maximum absolute atomic E-state index is 13.9. The summed E-state index contributed by atoms with van der Waals surface area (Å²) in [6, 6.07) is 11.9. The SMILES string of the molecule is COc1ccc(NC(=O)C(c2ccccc2C)N(C(=O)C(CO)NC(=O)OC(C)(C)C)C2CCC2)cc1. The van der Waals surface area contributed by atoms with Gasteiger partial charge in [0.2, 0.25) is 5.91 Å². The third kappa shape index (κ3) is 7.22. The van der Waals surface area contributed by atoms with Gasteiger partial charge in [-0.3, -0.25) is 9.59 Å². The minimum atomic E-state index is -1.27. The number of anilines is 1. The molecule has 9 nitrogen and oxygen atoms in total. The summed E-state index contributed by atoms with van der Waals surface area (Å²) in [7, 11) is 1.56. The van der Waals surface area contributed by atoms with Crippen molar-refractivity contribution in [1.82, 2.24) is 10.2 Å². The van der Waals surface area contributed by atoms with Crippen LogP contribution in [0.25, 0.3) is 0 Å². The molecule has 1 fully saturated rings. The van der Waals surface area contributed by atoms with Gasteiger partial charge in [0.1, 0.15) is 23.4 Å². The Kier molecular flexibility index (Phi) is 9.15. The molecule has 2 aromatic carbocycles. The van der Waals surface area contributed by atoms with Crippen molar-refractivity contribution in [3.05, 3.63) is 59.7 Å². The molecule has 0 spiro atoms. The molecule has 9 heteroatoms. The monoisotopic (exact) mass is 511 g/mol. The first-order valence-corrected chi connectivity index (χ1v) is 12.5. The molecule has 1 aliphatic rings. The third-order valence-electron chi connectivity index (χ3n) is 6.26. The fourth-order valence-corrected chi connectivity index (χ4v) is 4.19. The minimum absolute atomic E-state index is 0.215. The van der Waals surface area contributed by atoms with Crippen LogP contribution in [0.4, 0.5) is 10.5 Å².